The molecule has 2 aromatic carbocycles. The molecule has 0 spiro atoms. The molecule has 0 N–H and O–H groups in total. The third-order valence-corrected chi connectivity index (χ3v) is 22.2. The van der Waals surface area contributed by atoms with Crippen LogP contribution in [0.15, 0.2) is 54.6 Å². The number of fused-ring (bicyclic) bond motifs is 1. The number of methoxy groups -OCH3 is 1. The molecule has 2 aromatic rings. The Kier molecular flexibility index (Phi) is 14.3. The number of rotatable bonds is 16. The van der Waals surface area contributed by atoms with Gasteiger partial charge in [0.1, 0.15) is 5.78 Å². The Bertz CT molecular complexity index is 1410. The van der Waals surface area contributed by atoms with E-state index >= 15 is 0 Å². The average molecular weight is 731 g/mol. The van der Waals surface area contributed by atoms with Gasteiger partial charge in [0.25, 0.3) is 0 Å². The van der Waals surface area contributed by atoms with Crippen LogP contribution in [0.4, 0.5) is 0 Å². The highest BCUT2D eigenvalue weighted by molar-refractivity contribution is 8.01. The van der Waals surface area contributed by atoms with Gasteiger partial charge in [0.05, 0.1) is 29.8 Å². The zero-order chi connectivity index (χ0) is 36.0. The fourth-order valence-electron chi connectivity index (χ4n) is 5.66. The van der Waals surface area contributed by atoms with Gasteiger partial charge in [-0.1, -0.05) is 96.2 Å². The molecule has 0 heterocycles. The lowest BCUT2D eigenvalue weighted by atomic mass is 9.92. The van der Waals surface area contributed by atoms with Gasteiger partial charge in [0.15, 0.2) is 16.6 Å². The molecule has 4 atom stereocenters. The summed E-state index contributed by atoms with van der Waals surface area (Å²) in [6.45, 7) is 25.1. The van der Waals surface area contributed by atoms with Crippen molar-refractivity contribution in [3.05, 3.63) is 60.2 Å². The number of carbonyl (C=O) groups excluding carboxylic acids is 2. The molecule has 5 nitrogen and oxygen atoms in total. The SMILES string of the molecule is COC(=O)CSCCCS[C@H]1C(=O)C[C@@H](O[Si](C)(C)C(C)(C)C)[C@@H]1C=C[C@](C)(CCc1cccc2ccccc12)O[Si](C)(C)C(C)(C)C. The molecule has 0 aromatic heterocycles. The predicted octanol–water partition coefficient (Wildman–Crippen LogP) is 10.5. The molecule has 0 radical (unpaired) electrons. The van der Waals surface area contributed by atoms with Crippen LogP contribution in [0.2, 0.25) is 36.3 Å². The molecule has 1 saturated carbocycles. The minimum absolute atomic E-state index is 0.0285. The summed E-state index contributed by atoms with van der Waals surface area (Å²) in [5, 5.41) is 2.51. The number of thioether (sulfide) groups is 2. The van der Waals surface area contributed by atoms with Crippen LogP contribution < -0.4 is 0 Å². The van der Waals surface area contributed by atoms with Crippen LogP contribution in [0, 0.1) is 5.92 Å². The first-order chi connectivity index (χ1) is 22.2. The Labute approximate surface area is 302 Å². The van der Waals surface area contributed by atoms with E-state index in [1.165, 1.54) is 23.4 Å². The second-order valence-corrected chi connectivity index (χ2v) is 28.4. The normalized spacial score (nSPS) is 20.8. The number of Topliss-reactive ketones (excluding diaryl/α,β-unsaturated/α-hetero) is 1. The highest BCUT2D eigenvalue weighted by Crippen LogP contribution is 2.45. The second kappa shape index (κ2) is 16.8. The first kappa shape index (κ1) is 41.1. The first-order valence-corrected chi connectivity index (χ1v) is 25.5. The van der Waals surface area contributed by atoms with Crippen molar-refractivity contribution in [2.24, 2.45) is 5.92 Å². The molecule has 268 valence electrons. The lowest BCUT2D eigenvalue weighted by Crippen LogP contribution is -2.48. The molecule has 0 bridgehead atoms. The van der Waals surface area contributed by atoms with Crippen molar-refractivity contribution in [1.82, 2.24) is 0 Å². The van der Waals surface area contributed by atoms with E-state index in [2.05, 4.69) is 129 Å². The standard InChI is InChI=1S/C39H62O5S2Si2/c1-37(2,3)47(9,10)43-34-27-33(40)36(46-26-16-25-45-28-35(41)42-8)32(34)22-24-39(7,44-48(11,12)38(4,5)6)23-21-30-19-15-18-29-17-13-14-20-31(29)30/h13-15,17-20,22,24,32,34,36H,16,21,23,25-28H2,1-12H3/t32-,34+,36+,39-/m0/s1. The fraction of sp³-hybridized carbons (Fsp3) is 0.641. The summed E-state index contributed by atoms with van der Waals surface area (Å²) in [5.74, 6) is 2.14. The molecule has 1 aliphatic rings. The second-order valence-electron chi connectivity index (χ2n) is 16.6. The number of benzene rings is 2. The van der Waals surface area contributed by atoms with E-state index in [-0.39, 0.29) is 39.1 Å². The fourth-order valence-corrected chi connectivity index (χ4v) is 11.0. The number of aryl methyl sites for hydroxylation is 1. The Morgan fingerprint density at radius 2 is 1.56 bits per heavy atom. The van der Waals surface area contributed by atoms with Gasteiger partial charge in [0.2, 0.25) is 0 Å². The molecular formula is C39H62O5S2Si2. The van der Waals surface area contributed by atoms with E-state index in [1.54, 1.807) is 23.5 Å². The molecule has 0 saturated heterocycles. The lowest BCUT2D eigenvalue weighted by molar-refractivity contribution is -0.137. The number of ketones is 1. The molecule has 0 amide bonds. The summed E-state index contributed by atoms with van der Waals surface area (Å²) in [4.78, 5) is 25.2. The number of ether oxygens (including phenoxy) is 1. The third kappa shape index (κ3) is 11.1. The van der Waals surface area contributed by atoms with Gasteiger partial charge in [-0.15, -0.1) is 11.8 Å². The Hall–Kier alpha value is -1.37. The van der Waals surface area contributed by atoms with Crippen LogP contribution in [-0.4, -0.2) is 69.7 Å². The van der Waals surface area contributed by atoms with Crippen molar-refractivity contribution in [3.63, 3.8) is 0 Å². The Balaban J connectivity index is 1.93. The monoisotopic (exact) mass is 730 g/mol. The van der Waals surface area contributed by atoms with Crippen LogP contribution in [-0.2, 0) is 29.6 Å². The molecule has 9 heteroatoms. The van der Waals surface area contributed by atoms with Crippen molar-refractivity contribution in [3.8, 4) is 0 Å². The highest BCUT2D eigenvalue weighted by Gasteiger charge is 2.48. The van der Waals surface area contributed by atoms with Gasteiger partial charge < -0.3 is 13.6 Å². The molecule has 1 aliphatic carbocycles. The summed E-state index contributed by atoms with van der Waals surface area (Å²) in [5.41, 5.74) is 0.826. The first-order valence-electron chi connectivity index (χ1n) is 17.5. The molecule has 0 unspecified atom stereocenters. The van der Waals surface area contributed by atoms with Crippen molar-refractivity contribution < 1.29 is 23.2 Å². The summed E-state index contributed by atoms with van der Waals surface area (Å²) in [7, 11) is -2.85. The third-order valence-electron chi connectivity index (χ3n) is 10.7. The van der Waals surface area contributed by atoms with Gasteiger partial charge in [-0.25, -0.2) is 0 Å². The minimum Gasteiger partial charge on any atom is -0.468 e. The summed E-state index contributed by atoms with van der Waals surface area (Å²) >= 11 is 3.34. The van der Waals surface area contributed by atoms with Gasteiger partial charge in [-0.05, 0) is 90.3 Å². The Morgan fingerprint density at radius 1 is 0.917 bits per heavy atom. The summed E-state index contributed by atoms with van der Waals surface area (Å²) < 4.78 is 19.1. The van der Waals surface area contributed by atoms with Crippen molar-refractivity contribution in [2.75, 3.05) is 24.4 Å². The summed E-state index contributed by atoms with van der Waals surface area (Å²) in [6.07, 6.45) is 7.56. The number of hydrogen-bond donors (Lipinski definition) is 0. The highest BCUT2D eigenvalue weighted by atomic mass is 32.2. The van der Waals surface area contributed by atoms with Gasteiger partial charge in [-0.3, -0.25) is 9.59 Å². The maximum atomic E-state index is 13.7. The average Bonchev–Trinajstić information content (AvgIpc) is 3.27. The molecule has 3 rings (SSSR count). The molecule has 1 fully saturated rings. The van der Waals surface area contributed by atoms with Crippen molar-refractivity contribution >= 4 is 62.7 Å². The van der Waals surface area contributed by atoms with Crippen molar-refractivity contribution in [1.29, 1.82) is 0 Å². The van der Waals surface area contributed by atoms with Crippen LogP contribution in [0.3, 0.4) is 0 Å². The van der Waals surface area contributed by atoms with E-state index in [4.69, 9.17) is 13.6 Å². The van der Waals surface area contributed by atoms with E-state index < -0.39 is 22.2 Å². The molecule has 48 heavy (non-hydrogen) atoms. The zero-order valence-corrected chi connectivity index (χ0v) is 35.4. The Morgan fingerprint density at radius 3 is 2.21 bits per heavy atom. The van der Waals surface area contributed by atoms with E-state index in [0.717, 1.165) is 30.8 Å². The van der Waals surface area contributed by atoms with E-state index in [0.29, 0.717) is 12.2 Å². The number of hydrogen-bond acceptors (Lipinski definition) is 7. The topological polar surface area (TPSA) is 61.8 Å². The molecular weight excluding hydrogens is 669 g/mol. The van der Waals surface area contributed by atoms with Crippen LogP contribution >= 0.6 is 23.5 Å². The van der Waals surface area contributed by atoms with Crippen molar-refractivity contribution in [2.45, 2.75) is 127 Å². The maximum absolute atomic E-state index is 13.7. The minimum atomic E-state index is -2.15. The predicted molar refractivity (Wildman–Crippen MR) is 213 cm³/mol. The van der Waals surface area contributed by atoms with Gasteiger partial charge in [0, 0.05) is 12.3 Å². The molecule has 0 aliphatic heterocycles. The van der Waals surface area contributed by atoms with Crippen LogP contribution in [0.25, 0.3) is 10.8 Å². The smallest absolute Gasteiger partial charge is 0.315 e. The van der Waals surface area contributed by atoms with Gasteiger partial charge in [-0.2, -0.15) is 11.8 Å². The largest absolute Gasteiger partial charge is 0.468 e. The van der Waals surface area contributed by atoms with E-state index in [9.17, 15) is 9.59 Å². The number of carbonyl (C=O) groups is 2. The maximum Gasteiger partial charge on any atom is 0.315 e. The quantitative estimate of drug-likeness (QED) is 0.0737. The van der Waals surface area contributed by atoms with E-state index in [1.807, 2.05) is 0 Å². The zero-order valence-electron chi connectivity index (χ0n) is 31.7. The number of esters is 1. The van der Waals surface area contributed by atoms with Gasteiger partial charge >= 0.3 is 5.97 Å². The lowest BCUT2D eigenvalue weighted by Gasteiger charge is -2.43. The summed E-state index contributed by atoms with van der Waals surface area (Å²) in [6, 6.07) is 15.2. The van der Waals surface area contributed by atoms with Crippen LogP contribution in [0.5, 0.6) is 0 Å². The van der Waals surface area contributed by atoms with Crippen LogP contribution in [0.1, 0.15) is 73.3 Å².